The van der Waals surface area contributed by atoms with Crippen LogP contribution in [0.2, 0.25) is 5.15 Å². The Labute approximate surface area is 129 Å². The summed E-state index contributed by atoms with van der Waals surface area (Å²) in [6.45, 7) is 3.27. The van der Waals surface area contributed by atoms with Gasteiger partial charge in [0.05, 0.1) is 0 Å². The van der Waals surface area contributed by atoms with Crippen LogP contribution in [-0.4, -0.2) is 30.0 Å². The molecule has 1 aliphatic rings. The molecule has 1 saturated heterocycles. The molecule has 1 N–H and O–H groups in total. The van der Waals surface area contributed by atoms with Gasteiger partial charge in [0.2, 0.25) is 5.91 Å². The van der Waals surface area contributed by atoms with Crippen LogP contribution in [0.5, 0.6) is 0 Å². The van der Waals surface area contributed by atoms with Gasteiger partial charge in [-0.15, -0.1) is 0 Å². The fourth-order valence-electron chi connectivity index (χ4n) is 2.96. The Bertz CT molecular complexity index is 674. The highest BCUT2D eigenvalue weighted by molar-refractivity contribution is 6.30. The minimum atomic E-state index is 0.0192. The van der Waals surface area contributed by atoms with E-state index in [2.05, 4.69) is 21.3 Å². The van der Waals surface area contributed by atoms with Gasteiger partial charge >= 0.3 is 0 Å². The molecule has 1 unspecified atom stereocenters. The van der Waals surface area contributed by atoms with E-state index in [0.29, 0.717) is 5.15 Å². The fraction of sp³-hybridized carbons (Fsp3) is 0.375. The SMILES string of the molecule is CC(=O)NC1CCCN(c2nc(Cl)cc3ccccc23)C1. The Balaban J connectivity index is 1.94. The van der Waals surface area contributed by atoms with E-state index in [9.17, 15) is 4.79 Å². The lowest BCUT2D eigenvalue weighted by Gasteiger charge is -2.34. The van der Waals surface area contributed by atoms with Crippen molar-refractivity contribution in [1.82, 2.24) is 10.3 Å². The number of anilines is 1. The molecule has 0 radical (unpaired) electrons. The molecular weight excluding hydrogens is 286 g/mol. The van der Waals surface area contributed by atoms with E-state index in [1.165, 1.54) is 0 Å². The van der Waals surface area contributed by atoms with E-state index in [4.69, 9.17) is 11.6 Å². The van der Waals surface area contributed by atoms with E-state index in [1.807, 2.05) is 24.3 Å². The van der Waals surface area contributed by atoms with Gasteiger partial charge in [-0.2, -0.15) is 0 Å². The number of nitrogens with one attached hydrogen (secondary N) is 1. The van der Waals surface area contributed by atoms with Crippen LogP contribution in [0.1, 0.15) is 19.8 Å². The highest BCUT2D eigenvalue weighted by Gasteiger charge is 2.23. The van der Waals surface area contributed by atoms with Gasteiger partial charge in [0, 0.05) is 31.4 Å². The summed E-state index contributed by atoms with van der Waals surface area (Å²) < 4.78 is 0. The lowest BCUT2D eigenvalue weighted by Crippen LogP contribution is -2.47. The first-order valence-electron chi connectivity index (χ1n) is 7.21. The number of hydrogen-bond donors (Lipinski definition) is 1. The maximum atomic E-state index is 11.3. The van der Waals surface area contributed by atoms with Crippen molar-refractivity contribution in [2.45, 2.75) is 25.8 Å². The van der Waals surface area contributed by atoms with Crippen molar-refractivity contribution >= 4 is 34.1 Å². The molecule has 1 aliphatic heterocycles. The maximum Gasteiger partial charge on any atom is 0.217 e. The highest BCUT2D eigenvalue weighted by Crippen LogP contribution is 2.29. The Kier molecular flexibility index (Phi) is 3.97. The Morgan fingerprint density at radius 2 is 2.24 bits per heavy atom. The summed E-state index contributed by atoms with van der Waals surface area (Å²) in [7, 11) is 0. The predicted molar refractivity (Wildman–Crippen MR) is 85.8 cm³/mol. The fourth-order valence-corrected chi connectivity index (χ4v) is 3.16. The zero-order valence-corrected chi connectivity index (χ0v) is 12.7. The second kappa shape index (κ2) is 5.90. The zero-order valence-electron chi connectivity index (χ0n) is 12.0. The molecular formula is C16H18ClN3O. The number of pyridine rings is 1. The van der Waals surface area contributed by atoms with Crippen molar-refractivity contribution in [3.63, 3.8) is 0 Å². The third-order valence-electron chi connectivity index (χ3n) is 3.82. The molecule has 1 fully saturated rings. The minimum Gasteiger partial charge on any atom is -0.354 e. The summed E-state index contributed by atoms with van der Waals surface area (Å²) in [6.07, 6.45) is 2.04. The first-order valence-corrected chi connectivity index (χ1v) is 7.58. The molecule has 1 aromatic carbocycles. The number of carbonyl (C=O) groups is 1. The van der Waals surface area contributed by atoms with Crippen LogP contribution in [0, 0.1) is 0 Å². The zero-order chi connectivity index (χ0) is 14.8. The second-order valence-electron chi connectivity index (χ2n) is 5.48. The number of piperidine rings is 1. The molecule has 1 atom stereocenters. The molecule has 3 rings (SSSR count). The maximum absolute atomic E-state index is 11.3. The Morgan fingerprint density at radius 3 is 3.05 bits per heavy atom. The average molecular weight is 304 g/mol. The molecule has 0 spiro atoms. The Morgan fingerprint density at radius 1 is 1.43 bits per heavy atom. The first-order chi connectivity index (χ1) is 10.1. The van der Waals surface area contributed by atoms with Gasteiger partial charge in [0.15, 0.2) is 0 Å². The summed E-state index contributed by atoms with van der Waals surface area (Å²) in [5, 5.41) is 5.70. The molecule has 21 heavy (non-hydrogen) atoms. The molecule has 4 nitrogen and oxygen atoms in total. The summed E-state index contributed by atoms with van der Waals surface area (Å²) >= 11 is 6.16. The van der Waals surface area contributed by atoms with Crippen molar-refractivity contribution in [2.24, 2.45) is 0 Å². The molecule has 0 saturated carbocycles. The van der Waals surface area contributed by atoms with Gasteiger partial charge in [0.25, 0.3) is 0 Å². The quantitative estimate of drug-likeness (QED) is 0.868. The van der Waals surface area contributed by atoms with Crippen LogP contribution in [-0.2, 0) is 4.79 Å². The van der Waals surface area contributed by atoms with E-state index in [0.717, 1.165) is 42.5 Å². The largest absolute Gasteiger partial charge is 0.354 e. The smallest absolute Gasteiger partial charge is 0.217 e. The summed E-state index contributed by atoms with van der Waals surface area (Å²) in [5.41, 5.74) is 0. The van der Waals surface area contributed by atoms with Gasteiger partial charge in [-0.1, -0.05) is 35.9 Å². The molecule has 1 amide bonds. The predicted octanol–water partition coefficient (Wildman–Crippen LogP) is 2.99. The summed E-state index contributed by atoms with van der Waals surface area (Å²) in [6, 6.07) is 10.2. The van der Waals surface area contributed by atoms with Gasteiger partial charge < -0.3 is 10.2 Å². The van der Waals surface area contributed by atoms with Crippen molar-refractivity contribution in [2.75, 3.05) is 18.0 Å². The van der Waals surface area contributed by atoms with E-state index < -0.39 is 0 Å². The monoisotopic (exact) mass is 303 g/mol. The number of benzene rings is 1. The van der Waals surface area contributed by atoms with Crippen molar-refractivity contribution < 1.29 is 4.79 Å². The third-order valence-corrected chi connectivity index (χ3v) is 4.01. The number of amides is 1. The molecule has 0 aliphatic carbocycles. The number of halogens is 1. The van der Waals surface area contributed by atoms with E-state index in [-0.39, 0.29) is 11.9 Å². The topological polar surface area (TPSA) is 45.2 Å². The minimum absolute atomic E-state index is 0.0192. The second-order valence-corrected chi connectivity index (χ2v) is 5.86. The summed E-state index contributed by atoms with van der Waals surface area (Å²) in [4.78, 5) is 18.0. The number of hydrogen-bond acceptors (Lipinski definition) is 3. The standard InChI is InChI=1S/C16H18ClN3O/c1-11(21)18-13-6-4-8-20(10-13)16-14-7-3-2-5-12(14)9-15(17)19-16/h2-3,5,7,9,13H,4,6,8,10H2,1H3,(H,18,21). The van der Waals surface area contributed by atoms with Crippen molar-refractivity contribution in [3.8, 4) is 0 Å². The van der Waals surface area contributed by atoms with Gasteiger partial charge in [-0.3, -0.25) is 4.79 Å². The van der Waals surface area contributed by atoms with E-state index in [1.54, 1.807) is 6.92 Å². The first kappa shape index (κ1) is 14.1. The molecule has 5 heteroatoms. The molecule has 2 heterocycles. The highest BCUT2D eigenvalue weighted by atomic mass is 35.5. The molecule has 110 valence electrons. The van der Waals surface area contributed by atoms with Gasteiger partial charge in [-0.25, -0.2) is 4.98 Å². The normalized spacial score (nSPS) is 18.8. The Hall–Kier alpha value is -1.81. The lowest BCUT2D eigenvalue weighted by atomic mass is 10.0. The number of fused-ring (bicyclic) bond motifs is 1. The van der Waals surface area contributed by atoms with Crippen LogP contribution < -0.4 is 10.2 Å². The van der Waals surface area contributed by atoms with E-state index >= 15 is 0 Å². The molecule has 2 aromatic rings. The number of rotatable bonds is 2. The van der Waals surface area contributed by atoms with Crippen molar-refractivity contribution in [1.29, 1.82) is 0 Å². The van der Waals surface area contributed by atoms with Crippen LogP contribution >= 0.6 is 11.6 Å². The van der Waals surface area contributed by atoms with Crippen LogP contribution in [0.4, 0.5) is 5.82 Å². The summed E-state index contributed by atoms with van der Waals surface area (Å²) in [5.74, 6) is 0.930. The van der Waals surface area contributed by atoms with Crippen LogP contribution in [0.15, 0.2) is 30.3 Å². The number of aromatic nitrogens is 1. The van der Waals surface area contributed by atoms with Crippen molar-refractivity contribution in [3.05, 3.63) is 35.5 Å². The van der Waals surface area contributed by atoms with Gasteiger partial charge in [0.1, 0.15) is 11.0 Å². The molecule has 0 bridgehead atoms. The lowest BCUT2D eigenvalue weighted by molar-refractivity contribution is -0.119. The van der Waals surface area contributed by atoms with Gasteiger partial charge in [-0.05, 0) is 24.3 Å². The van der Waals surface area contributed by atoms with Crippen LogP contribution in [0.25, 0.3) is 10.8 Å². The average Bonchev–Trinajstić information content (AvgIpc) is 2.46. The molecule has 1 aromatic heterocycles. The number of carbonyl (C=O) groups excluding carboxylic acids is 1. The number of nitrogens with zero attached hydrogens (tertiary/aromatic N) is 2. The van der Waals surface area contributed by atoms with Crippen LogP contribution in [0.3, 0.4) is 0 Å². The third kappa shape index (κ3) is 3.10.